The molecule has 1 N–H and O–H groups in total. The lowest BCUT2D eigenvalue weighted by molar-refractivity contribution is 0.198. The number of hydrogen-bond acceptors (Lipinski definition) is 4. The Bertz CT molecular complexity index is 622. The molecule has 1 unspecified atom stereocenters. The molecule has 0 saturated carbocycles. The zero-order chi connectivity index (χ0) is 13.3. The summed E-state index contributed by atoms with van der Waals surface area (Å²) in [4.78, 5) is 4.38. The van der Waals surface area contributed by atoms with Gasteiger partial charge in [-0.25, -0.2) is 9.67 Å². The monoisotopic (exact) mass is 242 g/mol. The van der Waals surface area contributed by atoms with Crippen LogP contribution in [0, 0.1) is 25.2 Å². The maximum atomic E-state index is 9.74. The summed E-state index contributed by atoms with van der Waals surface area (Å²) in [5.41, 5.74) is 2.68. The van der Waals surface area contributed by atoms with Gasteiger partial charge in [0.2, 0.25) is 0 Å². The lowest BCUT2D eigenvalue weighted by Gasteiger charge is -2.11. The van der Waals surface area contributed by atoms with E-state index in [-0.39, 0.29) is 0 Å². The van der Waals surface area contributed by atoms with Gasteiger partial charge in [-0.3, -0.25) is 0 Å². The lowest BCUT2D eigenvalue weighted by Crippen LogP contribution is -2.07. The molecule has 2 heterocycles. The van der Waals surface area contributed by atoms with Crippen LogP contribution in [0.25, 0.3) is 5.82 Å². The number of aromatic nitrogens is 3. The second kappa shape index (κ2) is 4.59. The molecule has 0 aliphatic rings. The minimum Gasteiger partial charge on any atom is -0.389 e. The Kier molecular flexibility index (Phi) is 3.13. The maximum absolute atomic E-state index is 9.74. The maximum Gasteiger partial charge on any atom is 0.165 e. The fourth-order valence-corrected chi connectivity index (χ4v) is 1.74. The van der Waals surface area contributed by atoms with E-state index in [0.717, 1.165) is 11.3 Å². The topological polar surface area (TPSA) is 74.7 Å². The number of aliphatic hydroxyl groups is 1. The van der Waals surface area contributed by atoms with Gasteiger partial charge in [0.25, 0.3) is 0 Å². The first-order valence-corrected chi connectivity index (χ1v) is 5.65. The van der Waals surface area contributed by atoms with E-state index in [9.17, 15) is 5.11 Å². The molecular weight excluding hydrogens is 228 g/mol. The fourth-order valence-electron chi connectivity index (χ4n) is 1.74. The number of rotatable bonds is 2. The molecule has 2 aromatic rings. The molecule has 0 amide bonds. The molecule has 1 atom stereocenters. The molecule has 0 aromatic carbocycles. The zero-order valence-electron chi connectivity index (χ0n) is 10.5. The Morgan fingerprint density at radius 3 is 2.67 bits per heavy atom. The summed E-state index contributed by atoms with van der Waals surface area (Å²) in [6.07, 6.45) is 1.11. The Morgan fingerprint density at radius 2 is 2.11 bits per heavy atom. The molecular formula is C13H14N4O. The summed E-state index contributed by atoms with van der Waals surface area (Å²) in [7, 11) is 0. The number of aryl methyl sites for hydroxylation is 2. The van der Waals surface area contributed by atoms with Crippen LogP contribution in [0.15, 0.2) is 18.3 Å². The number of hydrogen-bond donors (Lipinski definition) is 1. The SMILES string of the molecule is Cc1ccc(C(C)O)c(-n2cc(C)c(C#N)n2)n1. The van der Waals surface area contributed by atoms with Gasteiger partial charge >= 0.3 is 0 Å². The second-order valence-corrected chi connectivity index (χ2v) is 4.26. The molecule has 92 valence electrons. The molecule has 0 fully saturated rings. The molecule has 0 aliphatic heterocycles. The molecule has 0 radical (unpaired) electrons. The number of pyridine rings is 1. The average molecular weight is 242 g/mol. The van der Waals surface area contributed by atoms with Gasteiger partial charge in [0.1, 0.15) is 6.07 Å². The Balaban J connectivity index is 2.62. The van der Waals surface area contributed by atoms with Crippen LogP contribution in [0.5, 0.6) is 0 Å². The first-order chi connectivity index (χ1) is 8.52. The molecule has 0 bridgehead atoms. The number of nitrogens with zero attached hydrogens (tertiary/aromatic N) is 4. The van der Waals surface area contributed by atoms with Gasteiger partial charge in [-0.1, -0.05) is 6.07 Å². The van der Waals surface area contributed by atoms with Crippen molar-refractivity contribution in [2.24, 2.45) is 0 Å². The van der Waals surface area contributed by atoms with E-state index in [1.165, 1.54) is 0 Å². The van der Waals surface area contributed by atoms with Crippen LogP contribution in [0.2, 0.25) is 0 Å². The quantitative estimate of drug-likeness (QED) is 0.871. The largest absolute Gasteiger partial charge is 0.389 e. The summed E-state index contributed by atoms with van der Waals surface area (Å²) in [5.74, 6) is 0.564. The van der Waals surface area contributed by atoms with Crippen LogP contribution >= 0.6 is 0 Å². The van der Waals surface area contributed by atoms with Gasteiger partial charge in [0.05, 0.1) is 6.10 Å². The normalized spacial score (nSPS) is 12.2. The van der Waals surface area contributed by atoms with Gasteiger partial charge in [0.15, 0.2) is 11.5 Å². The van der Waals surface area contributed by atoms with Crippen molar-refractivity contribution in [2.45, 2.75) is 26.9 Å². The third-order valence-electron chi connectivity index (χ3n) is 2.71. The molecule has 5 nitrogen and oxygen atoms in total. The highest BCUT2D eigenvalue weighted by molar-refractivity contribution is 5.39. The molecule has 0 spiro atoms. The molecule has 0 aliphatic carbocycles. The highest BCUT2D eigenvalue weighted by Gasteiger charge is 2.14. The van der Waals surface area contributed by atoms with Crippen molar-refractivity contribution in [3.8, 4) is 11.9 Å². The van der Waals surface area contributed by atoms with Crippen molar-refractivity contribution in [1.29, 1.82) is 5.26 Å². The zero-order valence-corrected chi connectivity index (χ0v) is 10.5. The van der Waals surface area contributed by atoms with E-state index in [2.05, 4.69) is 10.1 Å². The molecule has 0 saturated heterocycles. The van der Waals surface area contributed by atoms with Crippen LogP contribution in [-0.4, -0.2) is 19.9 Å². The van der Waals surface area contributed by atoms with E-state index in [4.69, 9.17) is 5.26 Å². The van der Waals surface area contributed by atoms with Crippen LogP contribution in [0.1, 0.15) is 35.5 Å². The summed E-state index contributed by atoms with van der Waals surface area (Å²) < 4.78 is 1.54. The highest BCUT2D eigenvalue weighted by Crippen LogP contribution is 2.20. The first kappa shape index (κ1) is 12.3. The third kappa shape index (κ3) is 2.11. The van der Waals surface area contributed by atoms with Gasteiger partial charge < -0.3 is 5.11 Å². The highest BCUT2D eigenvalue weighted by atomic mass is 16.3. The van der Waals surface area contributed by atoms with Crippen molar-refractivity contribution >= 4 is 0 Å². The minimum atomic E-state index is -0.636. The molecule has 18 heavy (non-hydrogen) atoms. The minimum absolute atomic E-state index is 0.370. The van der Waals surface area contributed by atoms with Gasteiger partial charge in [-0.15, -0.1) is 0 Å². The summed E-state index contributed by atoms with van der Waals surface area (Å²) in [6, 6.07) is 5.69. The van der Waals surface area contributed by atoms with Crippen molar-refractivity contribution < 1.29 is 5.11 Å². The van der Waals surface area contributed by atoms with Gasteiger partial charge in [-0.05, 0) is 26.8 Å². The summed E-state index contributed by atoms with van der Waals surface area (Å²) in [5, 5.41) is 22.8. The van der Waals surface area contributed by atoms with E-state index in [1.807, 2.05) is 32.0 Å². The molecule has 2 rings (SSSR count). The number of aliphatic hydroxyl groups excluding tert-OH is 1. The van der Waals surface area contributed by atoms with E-state index >= 15 is 0 Å². The molecule has 5 heteroatoms. The van der Waals surface area contributed by atoms with Crippen LogP contribution < -0.4 is 0 Å². The Morgan fingerprint density at radius 1 is 1.39 bits per heavy atom. The van der Waals surface area contributed by atoms with Crippen LogP contribution in [0.3, 0.4) is 0 Å². The smallest absolute Gasteiger partial charge is 0.165 e. The second-order valence-electron chi connectivity index (χ2n) is 4.26. The van der Waals surface area contributed by atoms with E-state index in [0.29, 0.717) is 17.1 Å². The number of nitriles is 1. The van der Waals surface area contributed by atoms with Gasteiger partial charge in [-0.2, -0.15) is 10.4 Å². The van der Waals surface area contributed by atoms with Crippen molar-refractivity contribution in [3.63, 3.8) is 0 Å². The first-order valence-electron chi connectivity index (χ1n) is 5.65. The van der Waals surface area contributed by atoms with Crippen molar-refractivity contribution in [1.82, 2.24) is 14.8 Å². The van der Waals surface area contributed by atoms with Crippen molar-refractivity contribution in [3.05, 3.63) is 40.8 Å². The van der Waals surface area contributed by atoms with E-state index in [1.54, 1.807) is 17.8 Å². The Labute approximate surface area is 105 Å². The third-order valence-corrected chi connectivity index (χ3v) is 2.71. The van der Waals surface area contributed by atoms with Crippen LogP contribution in [-0.2, 0) is 0 Å². The summed E-state index contributed by atoms with van der Waals surface area (Å²) in [6.45, 7) is 5.37. The van der Waals surface area contributed by atoms with Crippen LogP contribution in [0.4, 0.5) is 0 Å². The summed E-state index contributed by atoms with van der Waals surface area (Å²) >= 11 is 0. The van der Waals surface area contributed by atoms with Crippen molar-refractivity contribution in [2.75, 3.05) is 0 Å². The fraction of sp³-hybridized carbons (Fsp3) is 0.308. The predicted molar refractivity (Wildman–Crippen MR) is 66.2 cm³/mol. The van der Waals surface area contributed by atoms with E-state index < -0.39 is 6.10 Å². The lowest BCUT2D eigenvalue weighted by atomic mass is 10.1. The Hall–Kier alpha value is -2.19. The standard InChI is InChI=1S/C13H14N4O/c1-8-7-17(16-12(8)6-14)13-11(10(3)18)5-4-9(2)15-13/h4-5,7,10,18H,1-3H3. The predicted octanol–water partition coefficient (Wildman–Crippen LogP) is 1.81. The molecule has 2 aromatic heterocycles. The van der Waals surface area contributed by atoms with Gasteiger partial charge in [0, 0.05) is 23.0 Å². The average Bonchev–Trinajstić information content (AvgIpc) is 2.70.